The highest BCUT2D eigenvalue weighted by atomic mass is 14.9. The van der Waals surface area contributed by atoms with Crippen LogP contribution in [0.15, 0.2) is 18.7 Å². The first kappa shape index (κ1) is 7.99. The maximum absolute atomic E-state index is 3.75. The summed E-state index contributed by atoms with van der Waals surface area (Å²) in [6.45, 7) is 7.95. The van der Waals surface area contributed by atoms with Gasteiger partial charge in [0.25, 0.3) is 0 Å². The van der Waals surface area contributed by atoms with Crippen LogP contribution in [-0.2, 0) is 7.05 Å². The Balaban J connectivity index is 3.35. The molecule has 1 rings (SSSR count). The van der Waals surface area contributed by atoms with E-state index >= 15 is 0 Å². The molecule has 11 heavy (non-hydrogen) atoms. The normalized spacial score (nSPS) is 9.73. The van der Waals surface area contributed by atoms with Crippen molar-refractivity contribution in [3.63, 3.8) is 0 Å². The molecule has 0 aliphatic carbocycles. The summed E-state index contributed by atoms with van der Waals surface area (Å²) in [5.41, 5.74) is 3.72. The third-order valence-electron chi connectivity index (χ3n) is 1.94. The fourth-order valence-electron chi connectivity index (χ4n) is 1.20. The van der Waals surface area contributed by atoms with Gasteiger partial charge >= 0.3 is 0 Å². The van der Waals surface area contributed by atoms with E-state index in [1.165, 1.54) is 17.0 Å². The van der Waals surface area contributed by atoms with Crippen molar-refractivity contribution < 1.29 is 4.57 Å². The smallest absolute Gasteiger partial charge is 0.199 e. The Kier molecular flexibility index (Phi) is 2.08. The van der Waals surface area contributed by atoms with Crippen molar-refractivity contribution in [2.45, 2.75) is 13.8 Å². The van der Waals surface area contributed by atoms with Gasteiger partial charge in [0.1, 0.15) is 7.05 Å². The molecule has 0 spiro atoms. The lowest BCUT2D eigenvalue weighted by Crippen LogP contribution is -2.35. The summed E-state index contributed by atoms with van der Waals surface area (Å²) in [6, 6.07) is 4.28. The zero-order chi connectivity index (χ0) is 8.43. The zero-order valence-corrected chi connectivity index (χ0v) is 7.39. The van der Waals surface area contributed by atoms with Gasteiger partial charge in [0.05, 0.1) is 0 Å². The first-order chi connectivity index (χ1) is 5.15. The third kappa shape index (κ3) is 1.48. The summed E-state index contributed by atoms with van der Waals surface area (Å²) in [5.74, 6) is 0. The molecule has 0 fully saturated rings. The highest BCUT2D eigenvalue weighted by Gasteiger charge is 2.05. The van der Waals surface area contributed by atoms with Gasteiger partial charge in [0, 0.05) is 25.1 Å². The van der Waals surface area contributed by atoms with Gasteiger partial charge in [0.15, 0.2) is 5.69 Å². The standard InChI is InChI=1S/C10H14N/c1-5-10-7-8(2)6-9(3)11(10)4/h5-7H,1H2,2-4H3/q+1. The van der Waals surface area contributed by atoms with Gasteiger partial charge in [-0.05, 0) is 12.5 Å². The minimum absolute atomic E-state index is 1.17. The predicted molar refractivity (Wildman–Crippen MR) is 47.2 cm³/mol. The molecule has 58 valence electrons. The van der Waals surface area contributed by atoms with E-state index in [9.17, 15) is 0 Å². The molecule has 0 unspecified atom stereocenters. The molecule has 0 radical (unpaired) electrons. The largest absolute Gasteiger partial charge is 0.204 e. The number of nitrogens with zero attached hydrogens (tertiary/aromatic N) is 1. The molecule has 1 heterocycles. The van der Waals surface area contributed by atoms with Crippen molar-refractivity contribution >= 4 is 6.08 Å². The van der Waals surface area contributed by atoms with Crippen LogP contribution in [0.3, 0.4) is 0 Å². The van der Waals surface area contributed by atoms with Crippen molar-refractivity contribution in [1.29, 1.82) is 0 Å². The highest BCUT2D eigenvalue weighted by Crippen LogP contribution is 2.02. The molecule has 0 atom stereocenters. The van der Waals surface area contributed by atoms with Gasteiger partial charge < -0.3 is 0 Å². The Morgan fingerprint density at radius 1 is 1.36 bits per heavy atom. The second-order valence-electron chi connectivity index (χ2n) is 2.86. The van der Waals surface area contributed by atoms with Crippen LogP contribution in [0, 0.1) is 13.8 Å². The molecule has 0 saturated heterocycles. The van der Waals surface area contributed by atoms with Gasteiger partial charge in [-0.2, -0.15) is 4.57 Å². The van der Waals surface area contributed by atoms with Gasteiger partial charge in [-0.3, -0.25) is 0 Å². The van der Waals surface area contributed by atoms with Crippen LogP contribution in [0.1, 0.15) is 17.0 Å². The maximum Gasteiger partial charge on any atom is 0.204 e. The molecule has 1 aromatic rings. The minimum atomic E-state index is 1.17. The molecule has 0 aromatic carbocycles. The highest BCUT2D eigenvalue weighted by molar-refractivity contribution is 5.39. The van der Waals surface area contributed by atoms with Crippen LogP contribution in [0.5, 0.6) is 0 Å². The number of hydrogen-bond acceptors (Lipinski definition) is 0. The van der Waals surface area contributed by atoms with Gasteiger partial charge in [-0.1, -0.05) is 6.58 Å². The van der Waals surface area contributed by atoms with Crippen LogP contribution in [-0.4, -0.2) is 0 Å². The van der Waals surface area contributed by atoms with Crippen molar-refractivity contribution in [3.05, 3.63) is 35.7 Å². The lowest BCUT2D eigenvalue weighted by atomic mass is 10.2. The molecular formula is C10H14N+. The molecule has 1 nitrogen and oxygen atoms in total. The second-order valence-corrected chi connectivity index (χ2v) is 2.86. The van der Waals surface area contributed by atoms with E-state index in [1.807, 2.05) is 13.1 Å². The SMILES string of the molecule is C=Cc1cc(C)cc(C)[n+]1C. The van der Waals surface area contributed by atoms with Gasteiger partial charge in [0.2, 0.25) is 5.69 Å². The Morgan fingerprint density at radius 3 is 2.55 bits per heavy atom. The van der Waals surface area contributed by atoms with Crippen LogP contribution in [0.4, 0.5) is 0 Å². The number of rotatable bonds is 1. The summed E-state index contributed by atoms with van der Waals surface area (Å²) in [6.07, 6.45) is 1.88. The molecule has 1 heteroatoms. The Labute approximate surface area is 68.0 Å². The van der Waals surface area contributed by atoms with Crippen molar-refractivity contribution in [2.75, 3.05) is 0 Å². The Bertz CT molecular complexity index is 287. The molecule has 0 amide bonds. The number of aryl methyl sites for hydroxylation is 2. The number of hydrogen-bond donors (Lipinski definition) is 0. The monoisotopic (exact) mass is 148 g/mol. The summed E-state index contributed by atoms with van der Waals surface area (Å²) < 4.78 is 2.12. The average Bonchev–Trinajstić information content (AvgIpc) is 1.96. The molecule has 1 aromatic heterocycles. The third-order valence-corrected chi connectivity index (χ3v) is 1.94. The number of pyridine rings is 1. The molecular weight excluding hydrogens is 134 g/mol. The van der Waals surface area contributed by atoms with Gasteiger partial charge in [-0.15, -0.1) is 0 Å². The lowest BCUT2D eigenvalue weighted by Gasteiger charge is -1.98. The van der Waals surface area contributed by atoms with Crippen molar-refractivity contribution in [2.24, 2.45) is 7.05 Å². The quantitative estimate of drug-likeness (QED) is 0.534. The summed E-state index contributed by atoms with van der Waals surface area (Å²) in [5, 5.41) is 0. The predicted octanol–water partition coefficient (Wildman–Crippen LogP) is 1.77. The van der Waals surface area contributed by atoms with E-state index in [0.717, 1.165) is 0 Å². The topological polar surface area (TPSA) is 3.88 Å². The van der Waals surface area contributed by atoms with Crippen molar-refractivity contribution in [3.8, 4) is 0 Å². The van der Waals surface area contributed by atoms with E-state index in [2.05, 4.69) is 37.1 Å². The first-order valence-electron chi connectivity index (χ1n) is 3.75. The van der Waals surface area contributed by atoms with Crippen LogP contribution >= 0.6 is 0 Å². The first-order valence-corrected chi connectivity index (χ1v) is 3.75. The maximum atomic E-state index is 3.75. The van der Waals surface area contributed by atoms with E-state index in [-0.39, 0.29) is 0 Å². The van der Waals surface area contributed by atoms with E-state index in [0.29, 0.717) is 0 Å². The van der Waals surface area contributed by atoms with Crippen LogP contribution in [0.2, 0.25) is 0 Å². The molecule has 0 aliphatic heterocycles. The lowest BCUT2D eigenvalue weighted by molar-refractivity contribution is -0.679. The Morgan fingerprint density at radius 2 is 2.00 bits per heavy atom. The summed E-state index contributed by atoms with van der Waals surface area (Å²) in [7, 11) is 2.05. The second kappa shape index (κ2) is 2.87. The fourth-order valence-corrected chi connectivity index (χ4v) is 1.20. The van der Waals surface area contributed by atoms with E-state index in [1.54, 1.807) is 0 Å². The molecule has 0 aliphatic rings. The van der Waals surface area contributed by atoms with E-state index < -0.39 is 0 Å². The molecule has 0 bridgehead atoms. The fraction of sp³-hybridized carbons (Fsp3) is 0.300. The van der Waals surface area contributed by atoms with E-state index in [4.69, 9.17) is 0 Å². The van der Waals surface area contributed by atoms with Gasteiger partial charge in [-0.25, -0.2) is 0 Å². The number of aromatic nitrogens is 1. The van der Waals surface area contributed by atoms with Crippen molar-refractivity contribution in [1.82, 2.24) is 0 Å². The summed E-state index contributed by atoms with van der Waals surface area (Å²) in [4.78, 5) is 0. The zero-order valence-electron chi connectivity index (χ0n) is 7.39. The minimum Gasteiger partial charge on any atom is -0.199 e. The molecule has 0 saturated carbocycles. The summed E-state index contributed by atoms with van der Waals surface area (Å²) >= 11 is 0. The molecule has 0 N–H and O–H groups in total. The van der Waals surface area contributed by atoms with Crippen LogP contribution in [0.25, 0.3) is 6.08 Å². The van der Waals surface area contributed by atoms with Crippen LogP contribution < -0.4 is 4.57 Å². The average molecular weight is 148 g/mol. The Hall–Kier alpha value is -1.11.